The molecule has 5 heteroatoms. The van der Waals surface area contributed by atoms with Gasteiger partial charge in [0.2, 0.25) is 0 Å². The lowest BCUT2D eigenvalue weighted by molar-refractivity contribution is 0.0426. The SMILES string of the molecule is Cc1ccc(C(=O)N2CCN(C(C)(C)CN)CC2)cc1F. The molecule has 1 aliphatic rings. The van der Waals surface area contributed by atoms with Gasteiger partial charge in [-0.25, -0.2) is 4.39 Å². The Morgan fingerprint density at radius 2 is 1.90 bits per heavy atom. The zero-order chi connectivity index (χ0) is 15.6. The molecule has 0 saturated carbocycles. The standard InChI is InChI=1S/C16H24FN3O/c1-12-4-5-13(10-14(12)17)15(21)19-6-8-20(9-7-19)16(2,3)11-18/h4-5,10H,6-9,11,18H2,1-3H3. The van der Waals surface area contributed by atoms with E-state index in [0.29, 0.717) is 30.8 Å². The predicted molar refractivity (Wildman–Crippen MR) is 81.7 cm³/mol. The van der Waals surface area contributed by atoms with Gasteiger partial charge in [0, 0.05) is 43.8 Å². The van der Waals surface area contributed by atoms with E-state index in [1.807, 2.05) is 0 Å². The Bertz CT molecular complexity index is 522. The molecule has 4 nitrogen and oxygen atoms in total. The van der Waals surface area contributed by atoms with Gasteiger partial charge < -0.3 is 10.6 Å². The number of rotatable bonds is 3. The molecule has 0 radical (unpaired) electrons. The van der Waals surface area contributed by atoms with Gasteiger partial charge in [-0.1, -0.05) is 6.07 Å². The molecule has 21 heavy (non-hydrogen) atoms. The second kappa shape index (κ2) is 6.12. The van der Waals surface area contributed by atoms with Gasteiger partial charge in [-0.05, 0) is 38.5 Å². The Morgan fingerprint density at radius 3 is 2.43 bits per heavy atom. The molecule has 0 aromatic heterocycles. The molecule has 0 unspecified atom stereocenters. The van der Waals surface area contributed by atoms with Gasteiger partial charge in [0.25, 0.3) is 5.91 Å². The van der Waals surface area contributed by atoms with Crippen molar-refractivity contribution in [2.24, 2.45) is 5.73 Å². The van der Waals surface area contributed by atoms with Gasteiger partial charge in [0.1, 0.15) is 5.82 Å². The van der Waals surface area contributed by atoms with Crippen LogP contribution in [0.2, 0.25) is 0 Å². The number of nitrogens with two attached hydrogens (primary N) is 1. The lowest BCUT2D eigenvalue weighted by Gasteiger charge is -2.43. The molecule has 1 fully saturated rings. The van der Waals surface area contributed by atoms with Gasteiger partial charge in [0.15, 0.2) is 0 Å². The summed E-state index contributed by atoms with van der Waals surface area (Å²) in [6.07, 6.45) is 0. The van der Waals surface area contributed by atoms with E-state index < -0.39 is 0 Å². The van der Waals surface area contributed by atoms with Crippen molar-refractivity contribution < 1.29 is 9.18 Å². The third-order valence-electron chi connectivity index (χ3n) is 4.34. The summed E-state index contributed by atoms with van der Waals surface area (Å²) in [6.45, 7) is 9.39. The van der Waals surface area contributed by atoms with Crippen LogP contribution in [0.3, 0.4) is 0 Å². The van der Waals surface area contributed by atoms with Crippen molar-refractivity contribution >= 4 is 5.91 Å². The van der Waals surface area contributed by atoms with E-state index in [4.69, 9.17) is 5.73 Å². The number of carbonyl (C=O) groups excluding carboxylic acids is 1. The molecule has 1 saturated heterocycles. The quantitative estimate of drug-likeness (QED) is 0.921. The summed E-state index contributed by atoms with van der Waals surface area (Å²) in [4.78, 5) is 16.5. The van der Waals surface area contributed by atoms with Crippen molar-refractivity contribution in [3.63, 3.8) is 0 Å². The first-order valence-electron chi connectivity index (χ1n) is 7.36. The minimum atomic E-state index is -0.330. The molecule has 2 N–H and O–H groups in total. The fourth-order valence-electron chi connectivity index (χ4n) is 2.55. The summed E-state index contributed by atoms with van der Waals surface area (Å²) >= 11 is 0. The largest absolute Gasteiger partial charge is 0.336 e. The van der Waals surface area contributed by atoms with Crippen LogP contribution in [0.15, 0.2) is 18.2 Å². The molecule has 1 aliphatic heterocycles. The van der Waals surface area contributed by atoms with Crippen molar-refractivity contribution in [3.05, 3.63) is 35.1 Å². The number of benzene rings is 1. The van der Waals surface area contributed by atoms with E-state index in [1.54, 1.807) is 24.0 Å². The van der Waals surface area contributed by atoms with Gasteiger partial charge >= 0.3 is 0 Å². The first-order valence-corrected chi connectivity index (χ1v) is 7.36. The molecule has 1 heterocycles. The van der Waals surface area contributed by atoms with Gasteiger partial charge in [0.05, 0.1) is 0 Å². The first kappa shape index (κ1) is 15.9. The van der Waals surface area contributed by atoms with E-state index in [0.717, 1.165) is 13.1 Å². The molecular formula is C16H24FN3O. The number of aryl methyl sites for hydroxylation is 1. The highest BCUT2D eigenvalue weighted by Gasteiger charge is 2.30. The Labute approximate surface area is 125 Å². The molecule has 2 rings (SSSR count). The van der Waals surface area contributed by atoms with Crippen LogP contribution in [0.4, 0.5) is 4.39 Å². The minimum Gasteiger partial charge on any atom is -0.336 e. The lowest BCUT2D eigenvalue weighted by atomic mass is 10.0. The van der Waals surface area contributed by atoms with Gasteiger partial charge in [-0.2, -0.15) is 0 Å². The zero-order valence-electron chi connectivity index (χ0n) is 13.0. The molecule has 1 aromatic rings. The molecule has 0 spiro atoms. The normalized spacial score (nSPS) is 17.1. The van der Waals surface area contributed by atoms with Crippen molar-refractivity contribution in [2.75, 3.05) is 32.7 Å². The Kier molecular flexibility index (Phi) is 4.64. The molecule has 116 valence electrons. The maximum absolute atomic E-state index is 13.6. The summed E-state index contributed by atoms with van der Waals surface area (Å²) in [7, 11) is 0. The second-order valence-corrected chi connectivity index (χ2v) is 6.26. The molecular weight excluding hydrogens is 269 g/mol. The Balaban J connectivity index is 2.02. The summed E-state index contributed by atoms with van der Waals surface area (Å²) in [5.41, 5.74) is 6.72. The number of carbonyl (C=O) groups is 1. The monoisotopic (exact) mass is 293 g/mol. The van der Waals surface area contributed by atoms with Crippen molar-refractivity contribution in [1.82, 2.24) is 9.80 Å². The van der Waals surface area contributed by atoms with E-state index >= 15 is 0 Å². The highest BCUT2D eigenvalue weighted by atomic mass is 19.1. The number of hydrogen-bond acceptors (Lipinski definition) is 3. The zero-order valence-corrected chi connectivity index (χ0v) is 13.0. The van der Waals surface area contributed by atoms with Crippen LogP contribution < -0.4 is 5.73 Å². The molecule has 0 atom stereocenters. The maximum atomic E-state index is 13.6. The average molecular weight is 293 g/mol. The number of hydrogen-bond donors (Lipinski definition) is 1. The third kappa shape index (κ3) is 3.41. The van der Waals surface area contributed by atoms with Crippen molar-refractivity contribution in [2.45, 2.75) is 26.3 Å². The lowest BCUT2D eigenvalue weighted by Crippen LogP contribution is -2.58. The fraction of sp³-hybridized carbons (Fsp3) is 0.562. The van der Waals surface area contributed by atoms with E-state index in [9.17, 15) is 9.18 Å². The Morgan fingerprint density at radius 1 is 1.29 bits per heavy atom. The fourth-order valence-corrected chi connectivity index (χ4v) is 2.55. The predicted octanol–water partition coefficient (Wildman–Crippen LogP) is 1.63. The van der Waals surface area contributed by atoms with Crippen LogP contribution in [0.25, 0.3) is 0 Å². The molecule has 0 bridgehead atoms. The topological polar surface area (TPSA) is 49.6 Å². The van der Waals surface area contributed by atoms with Gasteiger partial charge in [-0.15, -0.1) is 0 Å². The van der Waals surface area contributed by atoms with E-state index in [-0.39, 0.29) is 17.3 Å². The molecule has 0 aliphatic carbocycles. The number of piperazine rings is 1. The number of amides is 1. The highest BCUT2D eigenvalue weighted by Crippen LogP contribution is 2.18. The minimum absolute atomic E-state index is 0.0505. The molecule has 1 amide bonds. The average Bonchev–Trinajstić information content (AvgIpc) is 2.49. The molecule has 1 aromatic carbocycles. The second-order valence-electron chi connectivity index (χ2n) is 6.26. The summed E-state index contributed by atoms with van der Waals surface area (Å²) in [5.74, 6) is -0.428. The summed E-state index contributed by atoms with van der Waals surface area (Å²) in [5, 5.41) is 0. The van der Waals surface area contributed by atoms with E-state index in [1.165, 1.54) is 6.07 Å². The first-order chi connectivity index (χ1) is 9.85. The van der Waals surface area contributed by atoms with Crippen LogP contribution in [-0.2, 0) is 0 Å². The third-order valence-corrected chi connectivity index (χ3v) is 4.34. The summed E-state index contributed by atoms with van der Waals surface area (Å²) < 4.78 is 13.6. The smallest absolute Gasteiger partial charge is 0.254 e. The van der Waals surface area contributed by atoms with Crippen LogP contribution in [0.1, 0.15) is 29.8 Å². The van der Waals surface area contributed by atoms with Gasteiger partial charge in [-0.3, -0.25) is 9.69 Å². The van der Waals surface area contributed by atoms with Crippen LogP contribution in [0, 0.1) is 12.7 Å². The Hall–Kier alpha value is -1.46. The number of halogens is 1. The van der Waals surface area contributed by atoms with Crippen LogP contribution in [-0.4, -0.2) is 54.0 Å². The van der Waals surface area contributed by atoms with Crippen molar-refractivity contribution in [1.29, 1.82) is 0 Å². The van der Waals surface area contributed by atoms with Crippen LogP contribution in [0.5, 0.6) is 0 Å². The maximum Gasteiger partial charge on any atom is 0.254 e. The van der Waals surface area contributed by atoms with Crippen LogP contribution >= 0.6 is 0 Å². The summed E-state index contributed by atoms with van der Waals surface area (Å²) in [6, 6.07) is 4.67. The number of nitrogens with zero attached hydrogens (tertiary/aromatic N) is 2. The van der Waals surface area contributed by atoms with Crippen molar-refractivity contribution in [3.8, 4) is 0 Å². The van der Waals surface area contributed by atoms with E-state index in [2.05, 4.69) is 18.7 Å². The highest BCUT2D eigenvalue weighted by molar-refractivity contribution is 5.94.